The number of pyridine rings is 1. The number of aromatic nitrogens is 1. The number of aliphatic hydroxyl groups excluding tert-OH is 1. The zero-order valence-electron chi connectivity index (χ0n) is 8.83. The van der Waals surface area contributed by atoms with Crippen LogP contribution in [0.25, 0.3) is 0 Å². The van der Waals surface area contributed by atoms with Gasteiger partial charge in [0.1, 0.15) is 0 Å². The molecular weight excluding hydrogens is 176 g/mol. The van der Waals surface area contributed by atoms with Gasteiger partial charge in [-0.25, -0.2) is 0 Å². The average molecular weight is 194 g/mol. The van der Waals surface area contributed by atoms with Crippen LogP contribution in [0.5, 0.6) is 0 Å². The summed E-state index contributed by atoms with van der Waals surface area (Å²) in [6, 6.07) is 3.99. The standard InChI is InChI=1S/C11H18N2O/c1-3-6-12-11(8-14)10-5-4-9(2)13-7-10/h4-5,7,11-12,14H,3,6,8H2,1-2H3. The Morgan fingerprint density at radius 1 is 1.50 bits per heavy atom. The number of hydrogen-bond acceptors (Lipinski definition) is 3. The summed E-state index contributed by atoms with van der Waals surface area (Å²) < 4.78 is 0. The first-order valence-corrected chi connectivity index (χ1v) is 5.04. The lowest BCUT2D eigenvalue weighted by Gasteiger charge is -2.15. The number of rotatable bonds is 5. The molecule has 0 saturated heterocycles. The molecule has 1 heterocycles. The molecule has 14 heavy (non-hydrogen) atoms. The van der Waals surface area contributed by atoms with Crippen LogP contribution >= 0.6 is 0 Å². The number of hydrogen-bond donors (Lipinski definition) is 2. The van der Waals surface area contributed by atoms with Crippen LogP contribution in [0.3, 0.4) is 0 Å². The van der Waals surface area contributed by atoms with Crippen molar-refractivity contribution in [1.29, 1.82) is 0 Å². The van der Waals surface area contributed by atoms with Crippen LogP contribution < -0.4 is 5.32 Å². The molecule has 1 aromatic heterocycles. The van der Waals surface area contributed by atoms with Crippen LogP contribution in [0.4, 0.5) is 0 Å². The molecule has 1 unspecified atom stereocenters. The first-order valence-electron chi connectivity index (χ1n) is 5.04. The SMILES string of the molecule is CCCNC(CO)c1ccc(C)nc1. The molecule has 0 aromatic carbocycles. The second-order valence-corrected chi connectivity index (χ2v) is 3.42. The summed E-state index contributed by atoms with van der Waals surface area (Å²) in [5.41, 5.74) is 2.05. The minimum atomic E-state index is 0.0167. The predicted octanol–water partition coefficient (Wildman–Crippen LogP) is 1.42. The molecule has 1 atom stereocenters. The van der Waals surface area contributed by atoms with Gasteiger partial charge in [-0.15, -0.1) is 0 Å². The summed E-state index contributed by atoms with van der Waals surface area (Å²) in [5, 5.41) is 12.4. The first-order chi connectivity index (χ1) is 6.77. The Morgan fingerprint density at radius 2 is 2.29 bits per heavy atom. The van der Waals surface area contributed by atoms with Gasteiger partial charge in [0.05, 0.1) is 12.6 Å². The van der Waals surface area contributed by atoms with Crippen molar-refractivity contribution in [3.05, 3.63) is 29.6 Å². The lowest BCUT2D eigenvalue weighted by molar-refractivity contribution is 0.244. The highest BCUT2D eigenvalue weighted by atomic mass is 16.3. The van der Waals surface area contributed by atoms with E-state index in [9.17, 15) is 5.11 Å². The lowest BCUT2D eigenvalue weighted by Crippen LogP contribution is -2.25. The fourth-order valence-electron chi connectivity index (χ4n) is 1.29. The first kappa shape index (κ1) is 11.1. The van der Waals surface area contributed by atoms with Crippen molar-refractivity contribution in [2.24, 2.45) is 0 Å². The van der Waals surface area contributed by atoms with Crippen LogP contribution in [-0.4, -0.2) is 23.2 Å². The molecule has 0 spiro atoms. The van der Waals surface area contributed by atoms with Crippen LogP contribution in [0.1, 0.15) is 30.6 Å². The Balaban J connectivity index is 2.64. The molecule has 2 N–H and O–H groups in total. The van der Waals surface area contributed by atoms with E-state index in [1.54, 1.807) is 0 Å². The van der Waals surface area contributed by atoms with E-state index in [-0.39, 0.29) is 12.6 Å². The third-order valence-corrected chi connectivity index (χ3v) is 2.16. The van der Waals surface area contributed by atoms with Crippen molar-refractivity contribution in [2.75, 3.05) is 13.2 Å². The average Bonchev–Trinajstić information content (AvgIpc) is 2.21. The second-order valence-electron chi connectivity index (χ2n) is 3.42. The van der Waals surface area contributed by atoms with Crippen molar-refractivity contribution < 1.29 is 5.11 Å². The van der Waals surface area contributed by atoms with E-state index in [4.69, 9.17) is 0 Å². The number of nitrogens with zero attached hydrogens (tertiary/aromatic N) is 1. The number of nitrogens with one attached hydrogen (secondary N) is 1. The van der Waals surface area contributed by atoms with E-state index in [0.717, 1.165) is 24.2 Å². The summed E-state index contributed by atoms with van der Waals surface area (Å²) >= 11 is 0. The van der Waals surface area contributed by atoms with Gasteiger partial charge in [0.2, 0.25) is 0 Å². The highest BCUT2D eigenvalue weighted by Gasteiger charge is 2.08. The van der Waals surface area contributed by atoms with Crippen molar-refractivity contribution in [3.8, 4) is 0 Å². The van der Waals surface area contributed by atoms with Crippen LogP contribution in [-0.2, 0) is 0 Å². The molecule has 0 aliphatic rings. The quantitative estimate of drug-likeness (QED) is 0.745. The highest BCUT2D eigenvalue weighted by molar-refractivity contribution is 5.17. The van der Waals surface area contributed by atoms with Crippen LogP contribution in [0.15, 0.2) is 18.3 Å². The Hall–Kier alpha value is -0.930. The fourth-order valence-corrected chi connectivity index (χ4v) is 1.29. The third-order valence-electron chi connectivity index (χ3n) is 2.16. The Bertz CT molecular complexity index is 258. The molecule has 3 nitrogen and oxygen atoms in total. The van der Waals surface area contributed by atoms with Gasteiger partial charge in [0.15, 0.2) is 0 Å². The highest BCUT2D eigenvalue weighted by Crippen LogP contribution is 2.11. The zero-order chi connectivity index (χ0) is 10.4. The van der Waals surface area contributed by atoms with Gasteiger partial charge in [-0.05, 0) is 31.5 Å². The maximum absolute atomic E-state index is 9.19. The van der Waals surface area contributed by atoms with Gasteiger partial charge in [-0.2, -0.15) is 0 Å². The topological polar surface area (TPSA) is 45.1 Å². The van der Waals surface area contributed by atoms with Crippen molar-refractivity contribution >= 4 is 0 Å². The lowest BCUT2D eigenvalue weighted by atomic mass is 10.1. The van der Waals surface area contributed by atoms with Gasteiger partial charge >= 0.3 is 0 Å². The van der Waals surface area contributed by atoms with E-state index in [0.29, 0.717) is 0 Å². The summed E-state index contributed by atoms with van der Waals surface area (Å²) in [6.07, 6.45) is 2.88. The maximum atomic E-state index is 9.19. The molecule has 0 bridgehead atoms. The summed E-state index contributed by atoms with van der Waals surface area (Å²) in [5.74, 6) is 0. The van der Waals surface area contributed by atoms with Gasteiger partial charge in [-0.3, -0.25) is 4.98 Å². The van der Waals surface area contributed by atoms with Gasteiger partial charge < -0.3 is 10.4 Å². The summed E-state index contributed by atoms with van der Waals surface area (Å²) in [4.78, 5) is 4.20. The molecule has 0 amide bonds. The predicted molar refractivity (Wildman–Crippen MR) is 57.1 cm³/mol. The minimum absolute atomic E-state index is 0.0167. The summed E-state index contributed by atoms with van der Waals surface area (Å²) in [6.45, 7) is 5.09. The molecule has 1 aromatic rings. The third kappa shape index (κ3) is 3.09. The van der Waals surface area contributed by atoms with E-state index in [1.807, 2.05) is 25.3 Å². The van der Waals surface area contributed by atoms with Crippen molar-refractivity contribution in [1.82, 2.24) is 10.3 Å². The minimum Gasteiger partial charge on any atom is -0.394 e. The van der Waals surface area contributed by atoms with Gasteiger partial charge in [0, 0.05) is 11.9 Å². The molecule has 0 saturated carbocycles. The van der Waals surface area contributed by atoms with Crippen molar-refractivity contribution in [2.45, 2.75) is 26.3 Å². The molecule has 0 fully saturated rings. The van der Waals surface area contributed by atoms with E-state index < -0.39 is 0 Å². The van der Waals surface area contributed by atoms with E-state index in [1.165, 1.54) is 0 Å². The summed E-state index contributed by atoms with van der Waals surface area (Å²) in [7, 11) is 0. The van der Waals surface area contributed by atoms with Crippen molar-refractivity contribution in [3.63, 3.8) is 0 Å². The largest absolute Gasteiger partial charge is 0.394 e. The Kier molecular flexibility index (Phi) is 4.56. The smallest absolute Gasteiger partial charge is 0.0627 e. The zero-order valence-corrected chi connectivity index (χ0v) is 8.83. The molecule has 0 radical (unpaired) electrons. The molecule has 78 valence electrons. The van der Waals surface area contributed by atoms with E-state index in [2.05, 4.69) is 17.2 Å². The maximum Gasteiger partial charge on any atom is 0.0627 e. The molecule has 0 aliphatic carbocycles. The fraction of sp³-hybridized carbons (Fsp3) is 0.545. The normalized spacial score (nSPS) is 12.8. The Labute approximate surface area is 85.2 Å². The number of aryl methyl sites for hydroxylation is 1. The molecule has 0 aliphatic heterocycles. The van der Waals surface area contributed by atoms with Gasteiger partial charge in [0.25, 0.3) is 0 Å². The second kappa shape index (κ2) is 5.73. The molecular formula is C11H18N2O. The van der Waals surface area contributed by atoms with Crippen LogP contribution in [0, 0.1) is 6.92 Å². The molecule has 3 heteroatoms. The van der Waals surface area contributed by atoms with Gasteiger partial charge in [-0.1, -0.05) is 13.0 Å². The monoisotopic (exact) mass is 194 g/mol. The Morgan fingerprint density at radius 3 is 2.79 bits per heavy atom. The number of aliphatic hydroxyl groups is 1. The van der Waals surface area contributed by atoms with Crippen LogP contribution in [0.2, 0.25) is 0 Å². The molecule has 1 rings (SSSR count). The van der Waals surface area contributed by atoms with E-state index >= 15 is 0 Å².